The third-order valence-corrected chi connectivity index (χ3v) is 2.74. The number of hydrogen-bond acceptors (Lipinski definition) is 3. The van der Waals surface area contributed by atoms with Crippen molar-refractivity contribution >= 4 is 18.0 Å². The molecule has 0 aliphatic rings. The predicted molar refractivity (Wildman–Crippen MR) is 71.4 cm³/mol. The van der Waals surface area contributed by atoms with Gasteiger partial charge in [-0.3, -0.25) is 9.59 Å². The quantitative estimate of drug-likeness (QED) is 0.693. The molecule has 0 aromatic heterocycles. The van der Waals surface area contributed by atoms with Crippen LogP contribution in [-0.4, -0.2) is 28.2 Å². The molecule has 4 N–H and O–H groups in total. The van der Waals surface area contributed by atoms with Crippen molar-refractivity contribution in [3.05, 3.63) is 42.0 Å². The molecule has 0 spiro atoms. The van der Waals surface area contributed by atoms with Gasteiger partial charge >= 0.3 is 11.9 Å². The number of aliphatic carboxylic acids is 2. The third kappa shape index (κ3) is 5.35. The Morgan fingerprint density at radius 3 is 2.32 bits per heavy atom. The van der Waals surface area contributed by atoms with E-state index in [2.05, 4.69) is 0 Å². The lowest BCUT2D eigenvalue weighted by molar-refractivity contribution is -0.143. The lowest BCUT2D eigenvalue weighted by atomic mass is 9.96. The van der Waals surface area contributed by atoms with Crippen molar-refractivity contribution in [3.8, 4) is 0 Å². The molecule has 0 saturated heterocycles. The van der Waals surface area contributed by atoms with E-state index >= 15 is 0 Å². The van der Waals surface area contributed by atoms with Gasteiger partial charge in [0.25, 0.3) is 0 Å². The largest absolute Gasteiger partial charge is 0.481 e. The zero-order valence-electron chi connectivity index (χ0n) is 10.4. The molecule has 1 aromatic carbocycles. The highest BCUT2D eigenvalue weighted by atomic mass is 16.4. The second-order valence-electron chi connectivity index (χ2n) is 4.26. The number of carbonyl (C=O) groups is 2. The van der Waals surface area contributed by atoms with Crippen LogP contribution in [-0.2, 0) is 9.59 Å². The SMILES string of the molecule is N[C@H](CC(C/C=C/c1ccccc1)C(=O)O)C(=O)O. The molecule has 5 nitrogen and oxygen atoms in total. The van der Waals surface area contributed by atoms with Gasteiger partial charge in [0.15, 0.2) is 0 Å². The first-order chi connectivity index (χ1) is 9.00. The summed E-state index contributed by atoms with van der Waals surface area (Å²) in [5.41, 5.74) is 6.32. The van der Waals surface area contributed by atoms with Crippen molar-refractivity contribution < 1.29 is 19.8 Å². The Morgan fingerprint density at radius 2 is 1.79 bits per heavy atom. The van der Waals surface area contributed by atoms with Crippen LogP contribution >= 0.6 is 0 Å². The van der Waals surface area contributed by atoms with Gasteiger partial charge in [-0.15, -0.1) is 0 Å². The average molecular weight is 263 g/mol. The second kappa shape index (κ2) is 7.33. The topological polar surface area (TPSA) is 101 Å². The first-order valence-corrected chi connectivity index (χ1v) is 5.93. The van der Waals surface area contributed by atoms with Crippen LogP contribution in [0.1, 0.15) is 18.4 Å². The molecule has 2 atom stereocenters. The van der Waals surface area contributed by atoms with Gasteiger partial charge in [-0.05, 0) is 18.4 Å². The van der Waals surface area contributed by atoms with Crippen LogP contribution in [0.5, 0.6) is 0 Å². The van der Waals surface area contributed by atoms with Gasteiger partial charge in [0.05, 0.1) is 5.92 Å². The molecule has 0 aliphatic carbocycles. The van der Waals surface area contributed by atoms with E-state index in [-0.39, 0.29) is 12.8 Å². The molecule has 19 heavy (non-hydrogen) atoms. The van der Waals surface area contributed by atoms with Crippen molar-refractivity contribution in [1.82, 2.24) is 0 Å². The number of benzene rings is 1. The van der Waals surface area contributed by atoms with Crippen molar-refractivity contribution in [1.29, 1.82) is 0 Å². The molecule has 0 aliphatic heterocycles. The highest BCUT2D eigenvalue weighted by Crippen LogP contribution is 2.13. The molecule has 1 aromatic rings. The summed E-state index contributed by atoms with van der Waals surface area (Å²) in [7, 11) is 0. The lowest BCUT2D eigenvalue weighted by Gasteiger charge is -2.12. The number of carboxylic acids is 2. The number of nitrogens with two attached hydrogens (primary N) is 1. The number of allylic oxidation sites excluding steroid dienone is 1. The highest BCUT2D eigenvalue weighted by molar-refractivity contribution is 5.76. The minimum atomic E-state index is -1.18. The highest BCUT2D eigenvalue weighted by Gasteiger charge is 2.23. The number of hydrogen-bond donors (Lipinski definition) is 3. The summed E-state index contributed by atoms with van der Waals surface area (Å²) in [6.07, 6.45) is 3.71. The average Bonchev–Trinajstić information content (AvgIpc) is 2.38. The monoisotopic (exact) mass is 263 g/mol. The van der Waals surface area contributed by atoms with Crippen LogP contribution in [0.15, 0.2) is 36.4 Å². The fourth-order valence-electron chi connectivity index (χ4n) is 1.64. The third-order valence-electron chi connectivity index (χ3n) is 2.74. The molecule has 1 rings (SSSR count). The summed E-state index contributed by atoms with van der Waals surface area (Å²) in [6, 6.07) is 8.31. The van der Waals surface area contributed by atoms with E-state index in [9.17, 15) is 9.59 Å². The minimum Gasteiger partial charge on any atom is -0.481 e. The lowest BCUT2D eigenvalue weighted by Crippen LogP contribution is -2.34. The first-order valence-electron chi connectivity index (χ1n) is 5.93. The molecule has 0 amide bonds. The molecule has 0 bridgehead atoms. The normalized spacial score (nSPS) is 14.2. The Balaban J connectivity index is 2.57. The van der Waals surface area contributed by atoms with E-state index in [1.54, 1.807) is 6.08 Å². The van der Waals surface area contributed by atoms with Crippen LogP contribution in [0.25, 0.3) is 6.08 Å². The van der Waals surface area contributed by atoms with Crippen LogP contribution in [0, 0.1) is 5.92 Å². The number of rotatable bonds is 7. The molecule has 102 valence electrons. The Labute approximate surface area is 111 Å². The van der Waals surface area contributed by atoms with Gasteiger partial charge in [0.1, 0.15) is 6.04 Å². The van der Waals surface area contributed by atoms with Crippen LogP contribution in [0.4, 0.5) is 0 Å². The van der Waals surface area contributed by atoms with Crippen molar-refractivity contribution in [3.63, 3.8) is 0 Å². The molecule has 0 saturated carbocycles. The Kier molecular flexibility index (Phi) is 5.75. The van der Waals surface area contributed by atoms with Gasteiger partial charge in [0.2, 0.25) is 0 Å². The van der Waals surface area contributed by atoms with E-state index in [1.807, 2.05) is 36.4 Å². The van der Waals surface area contributed by atoms with Gasteiger partial charge < -0.3 is 15.9 Å². The maximum absolute atomic E-state index is 11.0. The summed E-state index contributed by atoms with van der Waals surface area (Å²) >= 11 is 0. The summed E-state index contributed by atoms with van der Waals surface area (Å²) in [6.45, 7) is 0. The standard InChI is InChI=1S/C14H17NO4/c15-12(14(18)19)9-11(13(16)17)8-4-7-10-5-2-1-3-6-10/h1-7,11-12H,8-9,15H2,(H,16,17)(H,18,19)/b7-4+/t11?,12-/m1/s1. The fourth-order valence-corrected chi connectivity index (χ4v) is 1.64. The van der Waals surface area contributed by atoms with Crippen molar-refractivity contribution in [2.75, 3.05) is 0 Å². The predicted octanol–water partition coefficient (Wildman–Crippen LogP) is 1.59. The van der Waals surface area contributed by atoms with E-state index in [1.165, 1.54) is 0 Å². The molecule has 0 fully saturated rings. The fraction of sp³-hybridized carbons (Fsp3) is 0.286. The summed E-state index contributed by atoms with van der Waals surface area (Å²) < 4.78 is 0. The van der Waals surface area contributed by atoms with Gasteiger partial charge in [-0.2, -0.15) is 0 Å². The Hall–Kier alpha value is -2.14. The molecular formula is C14H17NO4. The van der Waals surface area contributed by atoms with Gasteiger partial charge in [-0.1, -0.05) is 42.5 Å². The summed E-state index contributed by atoms with van der Waals surface area (Å²) in [5, 5.41) is 17.7. The number of carboxylic acid groups (broad SMARTS) is 2. The minimum absolute atomic E-state index is 0.0796. The smallest absolute Gasteiger partial charge is 0.320 e. The molecule has 0 radical (unpaired) electrons. The summed E-state index contributed by atoms with van der Waals surface area (Å²) in [4.78, 5) is 21.6. The van der Waals surface area contributed by atoms with E-state index in [0.29, 0.717) is 0 Å². The molecule has 5 heteroatoms. The van der Waals surface area contributed by atoms with Crippen LogP contribution in [0.2, 0.25) is 0 Å². The van der Waals surface area contributed by atoms with Gasteiger partial charge in [0, 0.05) is 0 Å². The molecular weight excluding hydrogens is 246 g/mol. The maximum Gasteiger partial charge on any atom is 0.320 e. The zero-order valence-corrected chi connectivity index (χ0v) is 10.4. The van der Waals surface area contributed by atoms with Gasteiger partial charge in [-0.25, -0.2) is 0 Å². The molecule has 0 heterocycles. The Morgan fingerprint density at radius 1 is 1.16 bits per heavy atom. The van der Waals surface area contributed by atoms with Crippen LogP contribution in [0.3, 0.4) is 0 Å². The van der Waals surface area contributed by atoms with E-state index in [0.717, 1.165) is 5.56 Å². The maximum atomic E-state index is 11.0. The van der Waals surface area contributed by atoms with Crippen molar-refractivity contribution in [2.45, 2.75) is 18.9 Å². The van der Waals surface area contributed by atoms with E-state index < -0.39 is 23.9 Å². The second-order valence-corrected chi connectivity index (χ2v) is 4.26. The Bertz CT molecular complexity index is 456. The zero-order chi connectivity index (χ0) is 14.3. The summed E-state index contributed by atoms with van der Waals surface area (Å²) in [5.74, 6) is -3.00. The van der Waals surface area contributed by atoms with Crippen molar-refractivity contribution in [2.24, 2.45) is 11.7 Å². The van der Waals surface area contributed by atoms with Crippen LogP contribution < -0.4 is 5.73 Å². The first kappa shape index (κ1) is 14.9. The van der Waals surface area contributed by atoms with E-state index in [4.69, 9.17) is 15.9 Å². The molecule has 1 unspecified atom stereocenters.